The SMILES string of the molecule is C=C(C)C1CCC2(C(=O)O)CCC3(C)C(CCC4C5(C)CCCC(C)(COC(C)=O)C5CCC43C)C12. The van der Waals surface area contributed by atoms with Crippen molar-refractivity contribution in [2.45, 2.75) is 112 Å². The van der Waals surface area contributed by atoms with E-state index in [0.29, 0.717) is 30.3 Å². The van der Waals surface area contributed by atoms with Crippen molar-refractivity contribution in [3.63, 3.8) is 0 Å². The van der Waals surface area contributed by atoms with Gasteiger partial charge in [-0.05, 0) is 117 Å². The molecule has 0 aromatic heterocycles. The molecule has 10 atom stereocenters. The molecule has 1 N–H and O–H groups in total. The molecule has 0 bridgehead atoms. The van der Waals surface area contributed by atoms with Gasteiger partial charge in [0.2, 0.25) is 0 Å². The molecule has 5 fully saturated rings. The number of carboxylic acids is 1. The molecule has 36 heavy (non-hydrogen) atoms. The van der Waals surface area contributed by atoms with Crippen LogP contribution in [-0.2, 0) is 14.3 Å². The van der Waals surface area contributed by atoms with E-state index in [1.54, 1.807) is 0 Å². The Morgan fingerprint density at radius 3 is 2.22 bits per heavy atom. The zero-order valence-electron chi connectivity index (χ0n) is 23.8. The molecular formula is C32H50O4. The van der Waals surface area contributed by atoms with E-state index in [4.69, 9.17) is 4.74 Å². The van der Waals surface area contributed by atoms with Gasteiger partial charge >= 0.3 is 11.9 Å². The fourth-order valence-corrected chi connectivity index (χ4v) is 11.9. The maximum atomic E-state index is 12.8. The Labute approximate surface area is 219 Å². The Morgan fingerprint density at radius 2 is 1.58 bits per heavy atom. The summed E-state index contributed by atoms with van der Waals surface area (Å²) in [6.45, 7) is 18.7. The summed E-state index contributed by atoms with van der Waals surface area (Å²) >= 11 is 0. The van der Waals surface area contributed by atoms with Gasteiger partial charge in [-0.1, -0.05) is 46.3 Å². The van der Waals surface area contributed by atoms with E-state index >= 15 is 0 Å². The Kier molecular flexibility index (Phi) is 6.09. The number of fused-ring (bicyclic) bond motifs is 7. The molecule has 0 amide bonds. The van der Waals surface area contributed by atoms with E-state index < -0.39 is 11.4 Å². The molecule has 0 aliphatic heterocycles. The van der Waals surface area contributed by atoms with Crippen molar-refractivity contribution in [2.75, 3.05) is 6.61 Å². The van der Waals surface area contributed by atoms with E-state index in [1.165, 1.54) is 44.6 Å². The number of allylic oxidation sites excluding steroid dienone is 1. The van der Waals surface area contributed by atoms with Crippen molar-refractivity contribution in [3.8, 4) is 0 Å². The van der Waals surface area contributed by atoms with Crippen LogP contribution in [0.5, 0.6) is 0 Å². The van der Waals surface area contributed by atoms with Crippen molar-refractivity contribution < 1.29 is 19.4 Å². The topological polar surface area (TPSA) is 63.6 Å². The second-order valence-electron chi connectivity index (χ2n) is 14.9. The lowest BCUT2D eigenvalue weighted by Gasteiger charge is -2.72. The summed E-state index contributed by atoms with van der Waals surface area (Å²) in [7, 11) is 0. The predicted molar refractivity (Wildman–Crippen MR) is 142 cm³/mol. The monoisotopic (exact) mass is 498 g/mol. The lowest BCUT2D eigenvalue weighted by molar-refractivity contribution is -0.242. The molecule has 5 aliphatic carbocycles. The smallest absolute Gasteiger partial charge is 0.309 e. The van der Waals surface area contributed by atoms with Gasteiger partial charge in [0, 0.05) is 12.3 Å². The fraction of sp³-hybridized carbons (Fsp3) is 0.875. The number of carbonyl (C=O) groups excluding carboxylic acids is 1. The molecule has 5 aliphatic rings. The van der Waals surface area contributed by atoms with E-state index in [9.17, 15) is 14.7 Å². The van der Waals surface area contributed by atoms with Crippen LogP contribution in [0.15, 0.2) is 12.2 Å². The van der Waals surface area contributed by atoms with Gasteiger partial charge in [-0.3, -0.25) is 9.59 Å². The molecule has 0 spiro atoms. The van der Waals surface area contributed by atoms with E-state index in [1.807, 2.05) is 0 Å². The van der Waals surface area contributed by atoms with Crippen LogP contribution in [0.2, 0.25) is 0 Å². The number of rotatable bonds is 4. The number of aliphatic carboxylic acids is 1. The van der Waals surface area contributed by atoms with Crippen LogP contribution in [-0.4, -0.2) is 23.7 Å². The van der Waals surface area contributed by atoms with Crippen molar-refractivity contribution in [1.82, 2.24) is 0 Å². The number of esters is 1. The number of carbonyl (C=O) groups is 2. The van der Waals surface area contributed by atoms with Crippen LogP contribution in [0.3, 0.4) is 0 Å². The van der Waals surface area contributed by atoms with Crippen molar-refractivity contribution in [1.29, 1.82) is 0 Å². The summed E-state index contributed by atoms with van der Waals surface area (Å²) in [6, 6.07) is 0. The summed E-state index contributed by atoms with van der Waals surface area (Å²) in [6.07, 6.45) is 12.1. The van der Waals surface area contributed by atoms with Gasteiger partial charge in [-0.25, -0.2) is 0 Å². The minimum absolute atomic E-state index is 0.0548. The molecule has 5 saturated carbocycles. The largest absolute Gasteiger partial charge is 0.481 e. The van der Waals surface area contributed by atoms with Gasteiger partial charge in [0.25, 0.3) is 0 Å². The van der Waals surface area contributed by atoms with Gasteiger partial charge in [-0.2, -0.15) is 0 Å². The maximum Gasteiger partial charge on any atom is 0.309 e. The third-order valence-electron chi connectivity index (χ3n) is 13.7. The molecule has 4 nitrogen and oxygen atoms in total. The fourth-order valence-electron chi connectivity index (χ4n) is 11.9. The predicted octanol–water partition coefficient (Wildman–Crippen LogP) is 7.66. The zero-order chi connectivity index (χ0) is 26.3. The van der Waals surface area contributed by atoms with Crippen molar-refractivity contribution in [3.05, 3.63) is 12.2 Å². The average molecular weight is 499 g/mol. The molecule has 10 unspecified atom stereocenters. The Balaban J connectivity index is 1.52. The first kappa shape index (κ1) is 26.3. The molecule has 0 heterocycles. The Hall–Kier alpha value is -1.32. The first-order valence-corrected chi connectivity index (χ1v) is 14.8. The highest BCUT2D eigenvalue weighted by molar-refractivity contribution is 5.76. The number of hydrogen-bond donors (Lipinski definition) is 1. The van der Waals surface area contributed by atoms with Crippen LogP contribution >= 0.6 is 0 Å². The second-order valence-corrected chi connectivity index (χ2v) is 14.9. The summed E-state index contributed by atoms with van der Waals surface area (Å²) in [4.78, 5) is 24.5. The first-order valence-electron chi connectivity index (χ1n) is 14.8. The molecule has 0 radical (unpaired) electrons. The lowest BCUT2D eigenvalue weighted by Crippen LogP contribution is -2.66. The second kappa shape index (κ2) is 8.34. The van der Waals surface area contributed by atoms with Crippen LogP contribution in [0.4, 0.5) is 0 Å². The quantitative estimate of drug-likeness (QED) is 0.319. The van der Waals surface area contributed by atoms with Crippen molar-refractivity contribution in [2.24, 2.45) is 56.7 Å². The molecule has 0 saturated heterocycles. The summed E-state index contributed by atoms with van der Waals surface area (Å²) in [5, 5.41) is 10.5. The third kappa shape index (κ3) is 3.30. The minimum atomic E-state index is -0.550. The standard InChI is InChI=1S/C32H50O4/c1-20(2)22-11-16-32(27(34)35)18-17-30(6)23(26(22)32)9-10-25-29(5)14-8-13-28(4,19-36-21(3)33)24(29)12-15-31(25,30)7/h22-26H,1,8-19H2,2-7H3,(H,34,35). The van der Waals surface area contributed by atoms with Crippen molar-refractivity contribution >= 4 is 11.9 Å². The molecule has 0 aromatic rings. The third-order valence-corrected chi connectivity index (χ3v) is 13.7. The highest BCUT2D eigenvalue weighted by Crippen LogP contribution is 2.77. The van der Waals surface area contributed by atoms with Crippen LogP contribution in [0, 0.1) is 56.7 Å². The van der Waals surface area contributed by atoms with E-state index in [0.717, 1.165) is 38.5 Å². The van der Waals surface area contributed by atoms with Crippen LogP contribution < -0.4 is 0 Å². The lowest BCUT2D eigenvalue weighted by atomic mass is 9.32. The Morgan fingerprint density at radius 1 is 0.861 bits per heavy atom. The van der Waals surface area contributed by atoms with Gasteiger partial charge < -0.3 is 9.84 Å². The molecule has 5 rings (SSSR count). The number of hydrogen-bond acceptors (Lipinski definition) is 3. The van der Waals surface area contributed by atoms with E-state index in [-0.39, 0.29) is 33.5 Å². The average Bonchev–Trinajstić information content (AvgIpc) is 3.19. The zero-order valence-corrected chi connectivity index (χ0v) is 23.8. The molecular weight excluding hydrogens is 448 g/mol. The highest BCUT2D eigenvalue weighted by Gasteiger charge is 2.71. The summed E-state index contributed by atoms with van der Waals surface area (Å²) in [5.41, 5.74) is 1.33. The maximum absolute atomic E-state index is 12.8. The molecule has 0 aromatic carbocycles. The molecule has 4 heteroatoms. The first-order chi connectivity index (χ1) is 16.8. The van der Waals surface area contributed by atoms with E-state index in [2.05, 4.69) is 41.2 Å². The Bertz CT molecular complexity index is 956. The van der Waals surface area contributed by atoms with Crippen LogP contribution in [0.1, 0.15) is 112 Å². The number of carboxylic acid groups (broad SMARTS) is 1. The van der Waals surface area contributed by atoms with Gasteiger partial charge in [0.1, 0.15) is 0 Å². The van der Waals surface area contributed by atoms with Crippen LogP contribution in [0.25, 0.3) is 0 Å². The number of ether oxygens (including phenoxy) is 1. The minimum Gasteiger partial charge on any atom is -0.481 e. The summed E-state index contributed by atoms with van der Waals surface area (Å²) < 4.78 is 5.66. The molecule has 202 valence electrons. The van der Waals surface area contributed by atoms with Gasteiger partial charge in [0.15, 0.2) is 0 Å². The highest BCUT2D eigenvalue weighted by atomic mass is 16.5. The van der Waals surface area contributed by atoms with Gasteiger partial charge in [0.05, 0.1) is 12.0 Å². The normalized spacial score (nSPS) is 51.8. The van der Waals surface area contributed by atoms with Gasteiger partial charge in [-0.15, -0.1) is 0 Å². The summed E-state index contributed by atoms with van der Waals surface area (Å²) in [5.74, 6) is 1.55.